The number of nitrogen functional groups attached to an aromatic ring is 1. The predicted octanol–water partition coefficient (Wildman–Crippen LogP) is 3.19. The molecule has 2 N–H and O–H groups in total. The van der Waals surface area contributed by atoms with Gasteiger partial charge in [-0.15, -0.1) is 0 Å². The molecule has 2 heterocycles. The number of amides is 1. The maximum Gasteiger partial charge on any atom is 0.415 e. The number of rotatable bonds is 1. The molecule has 152 valence electrons. The van der Waals surface area contributed by atoms with Crippen molar-refractivity contribution in [2.45, 2.75) is 26.4 Å². The Balaban J connectivity index is 2.10. The van der Waals surface area contributed by atoms with Crippen LogP contribution < -0.4 is 10.6 Å². The zero-order chi connectivity index (χ0) is 22.1. The zero-order valence-corrected chi connectivity index (χ0v) is 17.5. The number of aryl methyl sites for hydroxylation is 1. The highest BCUT2D eigenvalue weighted by atomic mass is 16.6. The average Bonchev–Trinajstić information content (AvgIpc) is 3.06. The minimum absolute atomic E-state index is 0.167. The topological polar surface area (TPSA) is 110 Å². The molecule has 0 aliphatic carbocycles. The number of nitrogens with two attached hydrogens (primary N) is 1. The van der Waals surface area contributed by atoms with E-state index in [0.29, 0.717) is 27.7 Å². The molecular formula is C22H22N6O2. The molecule has 8 heteroatoms. The van der Waals surface area contributed by atoms with E-state index in [0.717, 1.165) is 0 Å². The third kappa shape index (κ3) is 4.18. The molecule has 1 amide bonds. The van der Waals surface area contributed by atoms with Gasteiger partial charge in [0, 0.05) is 19.7 Å². The molecule has 1 aromatic carbocycles. The maximum atomic E-state index is 12.5. The third-order valence-corrected chi connectivity index (χ3v) is 4.18. The minimum Gasteiger partial charge on any atom is -0.443 e. The van der Waals surface area contributed by atoms with Gasteiger partial charge in [0.25, 0.3) is 0 Å². The number of anilines is 2. The normalized spacial score (nSPS) is 10.8. The number of pyridine rings is 1. The Kier molecular flexibility index (Phi) is 5.35. The molecule has 0 radical (unpaired) electrons. The molecule has 3 aromatic rings. The molecule has 0 unspecified atom stereocenters. The molecule has 0 spiro atoms. The number of hydrogen-bond donors (Lipinski definition) is 1. The standard InChI is InChI=1S/C22H22N6O2/c1-22(2,3)30-21(29)28(5)20-17-18(27(4)13-25-17)16(19(24)26-20)10-9-14-7-6-8-15(11-14)12-23/h6-8,11,13H,1-5H3,(H2,24,26). The van der Waals surface area contributed by atoms with Crippen LogP contribution in [0.3, 0.4) is 0 Å². The minimum atomic E-state index is -0.649. The van der Waals surface area contributed by atoms with E-state index < -0.39 is 11.7 Å². The summed E-state index contributed by atoms with van der Waals surface area (Å²) in [6, 6.07) is 9.07. The number of fused-ring (bicyclic) bond motifs is 1. The molecule has 0 aliphatic heterocycles. The van der Waals surface area contributed by atoms with Crippen molar-refractivity contribution in [3.05, 3.63) is 47.3 Å². The van der Waals surface area contributed by atoms with Gasteiger partial charge in [0.15, 0.2) is 5.82 Å². The number of ether oxygens (including phenoxy) is 1. The first-order valence-corrected chi connectivity index (χ1v) is 9.20. The molecule has 8 nitrogen and oxygen atoms in total. The van der Waals surface area contributed by atoms with Crippen LogP contribution in [0.5, 0.6) is 0 Å². The van der Waals surface area contributed by atoms with Gasteiger partial charge in [0.05, 0.1) is 29.0 Å². The molecule has 0 fully saturated rings. The van der Waals surface area contributed by atoms with Crippen LogP contribution in [0.25, 0.3) is 11.0 Å². The summed E-state index contributed by atoms with van der Waals surface area (Å²) in [7, 11) is 3.37. The number of imidazole rings is 1. The molecular weight excluding hydrogens is 380 g/mol. The second-order valence-corrected chi connectivity index (χ2v) is 7.73. The van der Waals surface area contributed by atoms with Crippen LogP contribution in [0.2, 0.25) is 0 Å². The smallest absolute Gasteiger partial charge is 0.415 e. The fourth-order valence-electron chi connectivity index (χ4n) is 2.81. The second kappa shape index (κ2) is 7.76. The Bertz CT molecular complexity index is 1230. The van der Waals surface area contributed by atoms with Crippen molar-refractivity contribution < 1.29 is 9.53 Å². The Morgan fingerprint density at radius 3 is 2.63 bits per heavy atom. The van der Waals surface area contributed by atoms with E-state index in [1.54, 1.807) is 56.9 Å². The summed E-state index contributed by atoms with van der Waals surface area (Å²) in [5.74, 6) is 6.52. The van der Waals surface area contributed by atoms with E-state index in [1.807, 2.05) is 13.1 Å². The van der Waals surface area contributed by atoms with Crippen molar-refractivity contribution in [2.24, 2.45) is 7.05 Å². The van der Waals surface area contributed by atoms with Gasteiger partial charge in [-0.2, -0.15) is 5.26 Å². The number of carbonyl (C=O) groups excluding carboxylic acids is 1. The summed E-state index contributed by atoms with van der Waals surface area (Å²) < 4.78 is 7.20. The fourth-order valence-corrected chi connectivity index (χ4v) is 2.81. The summed E-state index contributed by atoms with van der Waals surface area (Å²) in [5.41, 5.74) is 8.39. The summed E-state index contributed by atoms with van der Waals surface area (Å²) in [6.45, 7) is 5.37. The number of benzene rings is 1. The predicted molar refractivity (Wildman–Crippen MR) is 115 cm³/mol. The van der Waals surface area contributed by atoms with Crippen molar-refractivity contribution in [3.63, 3.8) is 0 Å². The van der Waals surface area contributed by atoms with Gasteiger partial charge >= 0.3 is 6.09 Å². The lowest BCUT2D eigenvalue weighted by Crippen LogP contribution is -2.34. The lowest BCUT2D eigenvalue weighted by atomic mass is 10.1. The highest BCUT2D eigenvalue weighted by molar-refractivity contribution is 6.00. The first-order valence-electron chi connectivity index (χ1n) is 9.20. The maximum absolute atomic E-state index is 12.5. The fraction of sp³-hybridized carbons (Fsp3) is 0.273. The Morgan fingerprint density at radius 1 is 1.27 bits per heavy atom. The molecule has 0 bridgehead atoms. The summed E-state index contributed by atoms with van der Waals surface area (Å²) >= 11 is 0. The van der Waals surface area contributed by atoms with E-state index in [9.17, 15) is 4.79 Å². The lowest BCUT2D eigenvalue weighted by Gasteiger charge is -2.24. The number of nitriles is 1. The first-order chi connectivity index (χ1) is 14.1. The van der Waals surface area contributed by atoms with Crippen molar-refractivity contribution in [2.75, 3.05) is 17.7 Å². The third-order valence-electron chi connectivity index (χ3n) is 4.18. The van der Waals surface area contributed by atoms with Crippen LogP contribution in [-0.2, 0) is 11.8 Å². The molecule has 3 rings (SSSR count). The van der Waals surface area contributed by atoms with Gasteiger partial charge in [0.1, 0.15) is 16.9 Å². The Labute approximate surface area is 174 Å². The second-order valence-electron chi connectivity index (χ2n) is 7.73. The zero-order valence-electron chi connectivity index (χ0n) is 17.5. The van der Waals surface area contributed by atoms with E-state index in [4.69, 9.17) is 15.7 Å². The van der Waals surface area contributed by atoms with Gasteiger partial charge in [-0.25, -0.2) is 14.8 Å². The largest absolute Gasteiger partial charge is 0.443 e. The molecule has 2 aromatic heterocycles. The Hall–Kier alpha value is -4.04. The SMILES string of the molecule is CN(C(=O)OC(C)(C)C)c1nc(N)c(C#Cc2cccc(C#N)c2)c2c1ncn2C. The van der Waals surface area contributed by atoms with Crippen molar-refractivity contribution in [1.29, 1.82) is 5.26 Å². The van der Waals surface area contributed by atoms with E-state index in [-0.39, 0.29) is 11.6 Å². The van der Waals surface area contributed by atoms with Gasteiger partial charge in [0.2, 0.25) is 0 Å². The van der Waals surface area contributed by atoms with E-state index >= 15 is 0 Å². The lowest BCUT2D eigenvalue weighted by molar-refractivity contribution is 0.0588. The number of aromatic nitrogens is 3. The highest BCUT2D eigenvalue weighted by Gasteiger charge is 2.25. The van der Waals surface area contributed by atoms with Gasteiger partial charge in [-0.1, -0.05) is 17.9 Å². The highest BCUT2D eigenvalue weighted by Crippen LogP contribution is 2.29. The van der Waals surface area contributed by atoms with Crippen LogP contribution in [0.1, 0.15) is 37.5 Å². The number of nitrogens with zero attached hydrogens (tertiary/aromatic N) is 5. The van der Waals surface area contributed by atoms with E-state index in [2.05, 4.69) is 27.9 Å². The van der Waals surface area contributed by atoms with Gasteiger partial charge in [-0.3, -0.25) is 4.90 Å². The van der Waals surface area contributed by atoms with Crippen molar-refractivity contribution in [1.82, 2.24) is 14.5 Å². The van der Waals surface area contributed by atoms with E-state index in [1.165, 1.54) is 4.90 Å². The van der Waals surface area contributed by atoms with Crippen LogP contribution in [-0.4, -0.2) is 33.3 Å². The van der Waals surface area contributed by atoms with Crippen molar-refractivity contribution in [3.8, 4) is 17.9 Å². The van der Waals surface area contributed by atoms with Gasteiger partial charge in [-0.05, 0) is 39.0 Å². The van der Waals surface area contributed by atoms with Crippen LogP contribution in [0, 0.1) is 23.2 Å². The molecule has 0 atom stereocenters. The molecule has 0 saturated heterocycles. The Morgan fingerprint density at radius 2 is 1.97 bits per heavy atom. The molecule has 0 aliphatic rings. The monoisotopic (exact) mass is 402 g/mol. The summed E-state index contributed by atoms with van der Waals surface area (Å²) in [5, 5.41) is 9.06. The summed E-state index contributed by atoms with van der Waals surface area (Å²) in [6.07, 6.45) is 1.05. The number of hydrogen-bond acceptors (Lipinski definition) is 6. The van der Waals surface area contributed by atoms with Crippen LogP contribution in [0.15, 0.2) is 30.6 Å². The van der Waals surface area contributed by atoms with Gasteiger partial charge < -0.3 is 15.0 Å². The summed E-state index contributed by atoms with van der Waals surface area (Å²) in [4.78, 5) is 22.6. The first kappa shape index (κ1) is 20.7. The number of carbonyl (C=O) groups is 1. The average molecular weight is 402 g/mol. The quantitative estimate of drug-likeness (QED) is 0.626. The van der Waals surface area contributed by atoms with Crippen molar-refractivity contribution >= 4 is 28.8 Å². The van der Waals surface area contributed by atoms with Crippen LogP contribution >= 0.6 is 0 Å². The molecule has 0 saturated carbocycles. The van der Waals surface area contributed by atoms with Crippen LogP contribution in [0.4, 0.5) is 16.4 Å². The molecule has 30 heavy (non-hydrogen) atoms.